The quantitative estimate of drug-likeness (QED) is 0.824. The van der Waals surface area contributed by atoms with Crippen LogP contribution in [0.4, 0.5) is 0 Å². The van der Waals surface area contributed by atoms with Crippen molar-refractivity contribution in [2.24, 2.45) is 0 Å². The number of rotatable bonds is 4. The lowest BCUT2D eigenvalue weighted by atomic mass is 10.3. The molecule has 0 amide bonds. The number of aromatic amines is 1. The third kappa shape index (κ3) is 2.52. The van der Waals surface area contributed by atoms with Crippen LogP contribution in [0, 0.1) is 11.7 Å². The molecule has 2 rings (SSSR count). The van der Waals surface area contributed by atoms with E-state index >= 15 is 0 Å². The maximum absolute atomic E-state index is 5.61. The number of aryl methyl sites for hydroxylation is 1. The molecule has 1 aromatic carbocycles. The van der Waals surface area contributed by atoms with Crippen molar-refractivity contribution in [3.05, 3.63) is 47.0 Å². The molecule has 1 heterocycles. The van der Waals surface area contributed by atoms with Gasteiger partial charge in [-0.05, 0) is 31.3 Å². The normalized spacial score (nSPS) is 10.3. The molecule has 0 aliphatic rings. The number of hydrogen-bond acceptors (Lipinski definition) is 2. The van der Waals surface area contributed by atoms with Gasteiger partial charge in [-0.2, -0.15) is 0 Å². The van der Waals surface area contributed by atoms with Crippen LogP contribution in [0.5, 0.6) is 5.75 Å². The van der Waals surface area contributed by atoms with Crippen molar-refractivity contribution in [3.8, 4) is 5.75 Å². The molecule has 1 N–H and O–H groups in total. The summed E-state index contributed by atoms with van der Waals surface area (Å²) < 4.78 is 8.38. The fourth-order valence-electron chi connectivity index (χ4n) is 1.53. The summed E-state index contributed by atoms with van der Waals surface area (Å²) in [6.45, 7) is 3.41. The predicted octanol–water partition coefficient (Wildman–Crippen LogP) is 2.93. The third-order valence-corrected chi connectivity index (χ3v) is 2.74. The van der Waals surface area contributed by atoms with Crippen LogP contribution in [-0.2, 0) is 6.54 Å². The van der Waals surface area contributed by atoms with E-state index in [4.69, 9.17) is 17.0 Å². The smallest absolute Gasteiger partial charge is 0.177 e. The fraction of sp³-hybridized carbons (Fsp3) is 0.250. The standard InChI is InChI=1S/C12H14N2OS/c1-10-9-13-12(16)14(10)7-8-15-11-5-3-2-4-6-11/h2-6,9H,7-8H2,1H3,(H,13,16). The van der Waals surface area contributed by atoms with Crippen LogP contribution in [0.2, 0.25) is 0 Å². The summed E-state index contributed by atoms with van der Waals surface area (Å²) in [7, 11) is 0. The Morgan fingerprint density at radius 2 is 2.06 bits per heavy atom. The highest BCUT2D eigenvalue weighted by atomic mass is 32.1. The Bertz CT molecular complexity index is 501. The second-order valence-corrected chi connectivity index (χ2v) is 3.94. The summed E-state index contributed by atoms with van der Waals surface area (Å²) in [5, 5.41) is 0. The Morgan fingerprint density at radius 3 is 2.69 bits per heavy atom. The Hall–Kier alpha value is -1.55. The largest absolute Gasteiger partial charge is 0.492 e. The maximum atomic E-state index is 5.61. The second-order valence-electron chi connectivity index (χ2n) is 3.55. The first-order chi connectivity index (χ1) is 7.77. The zero-order valence-electron chi connectivity index (χ0n) is 9.14. The molecule has 16 heavy (non-hydrogen) atoms. The highest BCUT2D eigenvalue weighted by Crippen LogP contribution is 2.08. The lowest BCUT2D eigenvalue weighted by Gasteiger charge is -2.07. The van der Waals surface area contributed by atoms with Gasteiger partial charge in [-0.1, -0.05) is 18.2 Å². The SMILES string of the molecule is Cc1c[nH]c(=S)n1CCOc1ccccc1. The van der Waals surface area contributed by atoms with Crippen molar-refractivity contribution >= 4 is 12.2 Å². The van der Waals surface area contributed by atoms with Gasteiger partial charge in [0.1, 0.15) is 12.4 Å². The van der Waals surface area contributed by atoms with Gasteiger partial charge in [0.05, 0.1) is 6.54 Å². The lowest BCUT2D eigenvalue weighted by molar-refractivity contribution is 0.296. The zero-order valence-corrected chi connectivity index (χ0v) is 9.96. The Labute approximate surface area is 99.7 Å². The summed E-state index contributed by atoms with van der Waals surface area (Å²) in [4.78, 5) is 3.01. The number of nitrogens with zero attached hydrogens (tertiary/aromatic N) is 1. The monoisotopic (exact) mass is 234 g/mol. The Morgan fingerprint density at radius 1 is 1.31 bits per heavy atom. The van der Waals surface area contributed by atoms with Crippen molar-refractivity contribution in [2.45, 2.75) is 13.5 Å². The number of para-hydroxylation sites is 1. The molecular weight excluding hydrogens is 220 g/mol. The molecular formula is C12H14N2OS. The van der Waals surface area contributed by atoms with Crippen molar-refractivity contribution < 1.29 is 4.74 Å². The number of nitrogens with one attached hydrogen (secondary N) is 1. The summed E-state index contributed by atoms with van der Waals surface area (Å²) in [6, 6.07) is 9.79. The molecule has 0 spiro atoms. The number of benzene rings is 1. The molecule has 4 heteroatoms. The molecule has 0 atom stereocenters. The first-order valence-corrected chi connectivity index (χ1v) is 5.61. The van der Waals surface area contributed by atoms with Crippen LogP contribution in [0.25, 0.3) is 0 Å². The minimum atomic E-state index is 0.622. The van der Waals surface area contributed by atoms with E-state index in [1.165, 1.54) is 0 Å². The topological polar surface area (TPSA) is 29.9 Å². The van der Waals surface area contributed by atoms with E-state index in [0.29, 0.717) is 6.61 Å². The maximum Gasteiger partial charge on any atom is 0.177 e. The molecule has 0 unspecified atom stereocenters. The molecule has 0 saturated heterocycles. The molecule has 2 aromatic rings. The van der Waals surface area contributed by atoms with E-state index in [-0.39, 0.29) is 0 Å². The molecule has 0 aliphatic carbocycles. The summed E-state index contributed by atoms with van der Waals surface area (Å²) >= 11 is 5.15. The van der Waals surface area contributed by atoms with Crippen molar-refractivity contribution in [3.63, 3.8) is 0 Å². The summed E-state index contributed by atoms with van der Waals surface area (Å²) in [5.41, 5.74) is 1.13. The third-order valence-electron chi connectivity index (χ3n) is 2.40. The average Bonchev–Trinajstić information content (AvgIpc) is 2.62. The van der Waals surface area contributed by atoms with E-state index in [1.807, 2.05) is 48.0 Å². The second kappa shape index (κ2) is 4.99. The van der Waals surface area contributed by atoms with Gasteiger partial charge in [0.15, 0.2) is 4.77 Å². The van der Waals surface area contributed by atoms with E-state index in [9.17, 15) is 0 Å². The van der Waals surface area contributed by atoms with E-state index < -0.39 is 0 Å². The number of ether oxygens (including phenoxy) is 1. The molecule has 1 aromatic heterocycles. The van der Waals surface area contributed by atoms with Gasteiger partial charge < -0.3 is 14.3 Å². The number of hydrogen-bond donors (Lipinski definition) is 1. The van der Waals surface area contributed by atoms with Crippen LogP contribution in [-0.4, -0.2) is 16.2 Å². The van der Waals surface area contributed by atoms with Crippen LogP contribution in [0.15, 0.2) is 36.5 Å². The first-order valence-electron chi connectivity index (χ1n) is 5.20. The van der Waals surface area contributed by atoms with Gasteiger partial charge >= 0.3 is 0 Å². The molecule has 84 valence electrons. The van der Waals surface area contributed by atoms with Crippen molar-refractivity contribution in [1.29, 1.82) is 0 Å². The molecule has 0 radical (unpaired) electrons. The molecule has 0 bridgehead atoms. The van der Waals surface area contributed by atoms with Crippen LogP contribution < -0.4 is 4.74 Å². The van der Waals surface area contributed by atoms with Crippen LogP contribution >= 0.6 is 12.2 Å². The minimum Gasteiger partial charge on any atom is -0.492 e. The molecule has 0 fully saturated rings. The predicted molar refractivity (Wildman–Crippen MR) is 66.3 cm³/mol. The van der Waals surface area contributed by atoms with Crippen molar-refractivity contribution in [2.75, 3.05) is 6.61 Å². The Kier molecular flexibility index (Phi) is 3.41. The minimum absolute atomic E-state index is 0.622. The van der Waals surface area contributed by atoms with E-state index in [0.717, 1.165) is 22.8 Å². The Balaban J connectivity index is 1.92. The van der Waals surface area contributed by atoms with Gasteiger partial charge in [-0.15, -0.1) is 0 Å². The first kappa shape index (κ1) is 11.0. The zero-order chi connectivity index (χ0) is 11.4. The van der Waals surface area contributed by atoms with Crippen LogP contribution in [0.1, 0.15) is 5.69 Å². The lowest BCUT2D eigenvalue weighted by Crippen LogP contribution is -2.09. The van der Waals surface area contributed by atoms with Gasteiger partial charge in [0.2, 0.25) is 0 Å². The molecule has 0 saturated carbocycles. The number of H-pyrrole nitrogens is 1. The average molecular weight is 234 g/mol. The number of imidazole rings is 1. The summed E-state index contributed by atoms with van der Waals surface area (Å²) in [6.07, 6.45) is 1.91. The summed E-state index contributed by atoms with van der Waals surface area (Å²) in [5.74, 6) is 0.891. The molecule has 0 aliphatic heterocycles. The molecule has 3 nitrogen and oxygen atoms in total. The number of aromatic nitrogens is 2. The van der Waals surface area contributed by atoms with Gasteiger partial charge in [-0.25, -0.2) is 0 Å². The highest BCUT2D eigenvalue weighted by Gasteiger charge is 1.99. The fourth-order valence-corrected chi connectivity index (χ4v) is 1.83. The van der Waals surface area contributed by atoms with E-state index in [2.05, 4.69) is 4.98 Å². The highest BCUT2D eigenvalue weighted by molar-refractivity contribution is 7.71. The van der Waals surface area contributed by atoms with Gasteiger partial charge in [0.25, 0.3) is 0 Å². The van der Waals surface area contributed by atoms with E-state index in [1.54, 1.807) is 0 Å². The van der Waals surface area contributed by atoms with Gasteiger partial charge in [-0.3, -0.25) is 0 Å². The van der Waals surface area contributed by atoms with Crippen LogP contribution in [0.3, 0.4) is 0 Å². The van der Waals surface area contributed by atoms with Crippen molar-refractivity contribution in [1.82, 2.24) is 9.55 Å². The van der Waals surface area contributed by atoms with Gasteiger partial charge in [0, 0.05) is 11.9 Å².